The van der Waals surface area contributed by atoms with Gasteiger partial charge in [-0.25, -0.2) is 4.79 Å². The molecule has 1 fully saturated rings. The number of aromatic nitrogens is 1. The Morgan fingerprint density at radius 2 is 2.33 bits per heavy atom. The van der Waals surface area contributed by atoms with Crippen molar-refractivity contribution in [2.24, 2.45) is 5.92 Å². The molecule has 118 valence electrons. The summed E-state index contributed by atoms with van der Waals surface area (Å²) in [5, 5.41) is 0. The van der Waals surface area contributed by atoms with E-state index in [2.05, 4.69) is 35.7 Å². The highest BCUT2D eigenvalue weighted by Crippen LogP contribution is 2.22. The van der Waals surface area contributed by atoms with Gasteiger partial charge in [0.05, 0.1) is 7.11 Å². The van der Waals surface area contributed by atoms with Gasteiger partial charge < -0.3 is 14.6 Å². The highest BCUT2D eigenvalue weighted by molar-refractivity contribution is 5.87. The van der Waals surface area contributed by atoms with Gasteiger partial charge >= 0.3 is 5.97 Å². The molecule has 5 heteroatoms. The minimum absolute atomic E-state index is 0.312. The Bertz CT molecular complexity index is 472. The van der Waals surface area contributed by atoms with Crippen molar-refractivity contribution < 1.29 is 9.53 Å². The average molecular weight is 293 g/mol. The Kier molecular flexibility index (Phi) is 5.42. The zero-order valence-electron chi connectivity index (χ0n) is 13.6. The smallest absolute Gasteiger partial charge is 0.354 e. The molecule has 0 unspecified atom stereocenters. The highest BCUT2D eigenvalue weighted by atomic mass is 16.5. The van der Waals surface area contributed by atoms with E-state index < -0.39 is 0 Å². The lowest BCUT2D eigenvalue weighted by Crippen LogP contribution is -2.48. The second kappa shape index (κ2) is 7.09. The fourth-order valence-electron chi connectivity index (χ4n) is 3.33. The minimum atomic E-state index is -0.312. The summed E-state index contributed by atoms with van der Waals surface area (Å²) in [7, 11) is 3.58. The number of nitrogens with zero attached hydrogens (tertiary/aromatic N) is 2. The quantitative estimate of drug-likeness (QED) is 0.843. The molecule has 1 saturated heterocycles. The number of carbonyl (C=O) groups excluding carboxylic acids is 1. The van der Waals surface area contributed by atoms with E-state index in [1.165, 1.54) is 26.6 Å². The first-order valence-corrected chi connectivity index (χ1v) is 7.73. The predicted molar refractivity (Wildman–Crippen MR) is 83.3 cm³/mol. The molecule has 2 rings (SSSR count). The van der Waals surface area contributed by atoms with Gasteiger partial charge in [-0.2, -0.15) is 0 Å². The van der Waals surface area contributed by atoms with Crippen LogP contribution in [0.25, 0.3) is 0 Å². The molecule has 5 nitrogen and oxygen atoms in total. The molecular formula is C16H27N3O2. The summed E-state index contributed by atoms with van der Waals surface area (Å²) >= 11 is 0. The monoisotopic (exact) mass is 293 g/mol. The van der Waals surface area contributed by atoms with Gasteiger partial charge in [-0.3, -0.25) is 4.90 Å². The standard InChI is InChI=1S/C16H27N3O2/c1-5-19-7-6-15(12(2)10-19)18(3)11-13-8-14(17-9-13)16(20)21-4/h8-9,12,15,17H,5-7,10-11H2,1-4H3/t12-,15+/m0/s1. The largest absolute Gasteiger partial charge is 0.464 e. The number of aromatic amines is 1. The van der Waals surface area contributed by atoms with Crippen molar-refractivity contribution in [1.29, 1.82) is 0 Å². The fraction of sp³-hybridized carbons (Fsp3) is 0.688. The summed E-state index contributed by atoms with van der Waals surface area (Å²) in [5.41, 5.74) is 1.65. The number of hydrogen-bond acceptors (Lipinski definition) is 4. The highest BCUT2D eigenvalue weighted by Gasteiger charge is 2.28. The van der Waals surface area contributed by atoms with E-state index in [9.17, 15) is 4.79 Å². The number of carbonyl (C=O) groups is 1. The second-order valence-corrected chi connectivity index (χ2v) is 6.05. The summed E-state index contributed by atoms with van der Waals surface area (Å²) in [6, 6.07) is 2.48. The third kappa shape index (κ3) is 3.86. The Labute approximate surface area is 127 Å². The van der Waals surface area contributed by atoms with E-state index in [4.69, 9.17) is 4.74 Å². The average Bonchev–Trinajstić information content (AvgIpc) is 2.94. The SMILES string of the molecule is CCN1CC[C@@H](N(C)Cc2c[nH]c(C(=O)OC)c2)[C@@H](C)C1. The lowest BCUT2D eigenvalue weighted by atomic mass is 9.92. The Balaban J connectivity index is 1.93. The van der Waals surface area contributed by atoms with Gasteiger partial charge in [0, 0.05) is 25.3 Å². The van der Waals surface area contributed by atoms with Crippen molar-refractivity contribution in [2.45, 2.75) is 32.9 Å². The number of esters is 1. The maximum atomic E-state index is 11.5. The van der Waals surface area contributed by atoms with Crippen LogP contribution < -0.4 is 0 Å². The second-order valence-electron chi connectivity index (χ2n) is 6.05. The van der Waals surface area contributed by atoms with Crippen LogP contribution in [0.3, 0.4) is 0 Å². The number of rotatable bonds is 5. The molecule has 2 heterocycles. The molecule has 0 spiro atoms. The maximum Gasteiger partial charge on any atom is 0.354 e. The lowest BCUT2D eigenvalue weighted by Gasteiger charge is -2.41. The first kappa shape index (κ1) is 16.0. The van der Waals surface area contributed by atoms with Crippen LogP contribution >= 0.6 is 0 Å². The van der Waals surface area contributed by atoms with Gasteiger partial charge in [-0.1, -0.05) is 13.8 Å². The summed E-state index contributed by atoms with van der Waals surface area (Å²) in [6.07, 6.45) is 3.11. The molecule has 1 aromatic heterocycles. The van der Waals surface area contributed by atoms with E-state index >= 15 is 0 Å². The van der Waals surface area contributed by atoms with Crippen molar-refractivity contribution >= 4 is 5.97 Å². The Morgan fingerprint density at radius 1 is 1.57 bits per heavy atom. The first-order valence-electron chi connectivity index (χ1n) is 7.73. The molecule has 1 aliphatic rings. The summed E-state index contributed by atoms with van der Waals surface area (Å²) in [5.74, 6) is 0.358. The number of hydrogen-bond donors (Lipinski definition) is 1. The van der Waals surface area contributed by atoms with E-state index in [-0.39, 0.29) is 5.97 Å². The van der Waals surface area contributed by atoms with Gasteiger partial charge in [0.15, 0.2) is 0 Å². The van der Waals surface area contributed by atoms with Crippen molar-refractivity contribution in [3.8, 4) is 0 Å². The zero-order chi connectivity index (χ0) is 15.4. The van der Waals surface area contributed by atoms with Gasteiger partial charge in [0.1, 0.15) is 5.69 Å². The molecule has 0 radical (unpaired) electrons. The molecule has 21 heavy (non-hydrogen) atoms. The normalized spacial score (nSPS) is 23.5. The molecule has 0 saturated carbocycles. The number of methoxy groups -OCH3 is 1. The van der Waals surface area contributed by atoms with Crippen molar-refractivity contribution in [2.75, 3.05) is 33.8 Å². The fourth-order valence-corrected chi connectivity index (χ4v) is 3.33. The van der Waals surface area contributed by atoms with Crippen LogP contribution in [0.1, 0.15) is 36.3 Å². The number of nitrogens with one attached hydrogen (secondary N) is 1. The topological polar surface area (TPSA) is 48.6 Å². The number of H-pyrrole nitrogens is 1. The molecule has 2 atom stereocenters. The zero-order valence-corrected chi connectivity index (χ0v) is 13.6. The van der Waals surface area contributed by atoms with Gasteiger partial charge in [0.25, 0.3) is 0 Å². The number of likely N-dealkylation sites (tertiary alicyclic amines) is 1. The number of piperidine rings is 1. The third-order valence-corrected chi connectivity index (χ3v) is 4.54. The van der Waals surface area contributed by atoms with Gasteiger partial charge in [0.2, 0.25) is 0 Å². The molecule has 0 aromatic carbocycles. The number of ether oxygens (including phenoxy) is 1. The molecule has 0 bridgehead atoms. The van der Waals surface area contributed by atoms with Crippen LogP contribution in [0.5, 0.6) is 0 Å². The molecular weight excluding hydrogens is 266 g/mol. The molecule has 0 aliphatic carbocycles. The molecule has 0 amide bonds. The van der Waals surface area contributed by atoms with Crippen molar-refractivity contribution in [1.82, 2.24) is 14.8 Å². The van der Waals surface area contributed by atoms with E-state index in [1.807, 2.05) is 12.3 Å². The van der Waals surface area contributed by atoms with Gasteiger partial charge in [-0.05, 0) is 44.1 Å². The summed E-state index contributed by atoms with van der Waals surface area (Å²) in [6.45, 7) is 8.91. The van der Waals surface area contributed by atoms with Crippen LogP contribution in [0.4, 0.5) is 0 Å². The predicted octanol–water partition coefficient (Wildman–Crippen LogP) is 1.96. The van der Waals surface area contributed by atoms with Crippen molar-refractivity contribution in [3.63, 3.8) is 0 Å². The van der Waals surface area contributed by atoms with Crippen LogP contribution in [-0.4, -0.2) is 60.6 Å². The van der Waals surface area contributed by atoms with Crippen LogP contribution in [0, 0.1) is 5.92 Å². The van der Waals surface area contributed by atoms with Crippen LogP contribution in [0.15, 0.2) is 12.3 Å². The first-order chi connectivity index (χ1) is 10.0. The van der Waals surface area contributed by atoms with Crippen LogP contribution in [-0.2, 0) is 11.3 Å². The van der Waals surface area contributed by atoms with Gasteiger partial charge in [-0.15, -0.1) is 0 Å². The third-order valence-electron chi connectivity index (χ3n) is 4.54. The van der Waals surface area contributed by atoms with Crippen molar-refractivity contribution in [3.05, 3.63) is 23.5 Å². The summed E-state index contributed by atoms with van der Waals surface area (Å²) < 4.78 is 4.72. The molecule has 1 N–H and O–H groups in total. The van der Waals surface area contributed by atoms with E-state index in [0.29, 0.717) is 17.7 Å². The molecule has 1 aliphatic heterocycles. The lowest BCUT2D eigenvalue weighted by molar-refractivity contribution is 0.0594. The Hall–Kier alpha value is -1.33. The maximum absolute atomic E-state index is 11.5. The summed E-state index contributed by atoms with van der Waals surface area (Å²) in [4.78, 5) is 19.4. The van der Waals surface area contributed by atoms with E-state index in [0.717, 1.165) is 18.7 Å². The Morgan fingerprint density at radius 3 is 2.95 bits per heavy atom. The molecule has 1 aromatic rings. The minimum Gasteiger partial charge on any atom is -0.464 e. The van der Waals surface area contributed by atoms with Crippen LogP contribution in [0.2, 0.25) is 0 Å². The van der Waals surface area contributed by atoms with E-state index in [1.54, 1.807) is 0 Å².